The Labute approximate surface area is 156 Å². The largest absolute Gasteiger partial charge is 0.342 e. The van der Waals surface area contributed by atoms with Crippen molar-refractivity contribution < 1.29 is 4.79 Å². The molecule has 130 valence electrons. The van der Waals surface area contributed by atoms with E-state index in [4.69, 9.17) is 0 Å². The van der Waals surface area contributed by atoms with Crippen LogP contribution in [0.4, 0.5) is 0 Å². The highest BCUT2D eigenvalue weighted by atomic mass is 32.2. The van der Waals surface area contributed by atoms with Crippen LogP contribution in [0.2, 0.25) is 0 Å². The number of nitrogens with zero attached hydrogens (tertiary/aromatic N) is 3. The summed E-state index contributed by atoms with van der Waals surface area (Å²) in [7, 11) is 3.47. The van der Waals surface area contributed by atoms with Gasteiger partial charge < -0.3 is 4.57 Å². The first kappa shape index (κ1) is 16.7. The Morgan fingerprint density at radius 2 is 1.81 bits per heavy atom. The number of aliphatic imine (C=N–C) groups is 1. The molecular formula is C21H19N3OS. The molecular weight excluding hydrogens is 342 g/mol. The molecule has 0 radical (unpaired) electrons. The van der Waals surface area contributed by atoms with Gasteiger partial charge in [0.15, 0.2) is 5.17 Å². The van der Waals surface area contributed by atoms with Crippen molar-refractivity contribution in [2.75, 3.05) is 14.1 Å². The van der Waals surface area contributed by atoms with Crippen LogP contribution >= 0.6 is 11.8 Å². The van der Waals surface area contributed by atoms with Gasteiger partial charge in [-0.1, -0.05) is 48.5 Å². The minimum absolute atomic E-state index is 0.00418. The number of benzene rings is 2. The average molecular weight is 361 g/mol. The lowest BCUT2D eigenvalue weighted by molar-refractivity contribution is -0.121. The van der Waals surface area contributed by atoms with Crippen LogP contribution in [0.3, 0.4) is 0 Å². The summed E-state index contributed by atoms with van der Waals surface area (Å²) in [6.07, 6.45) is 4.10. The summed E-state index contributed by atoms with van der Waals surface area (Å²) in [5.74, 6) is -0.00418. The normalized spacial score (nSPS) is 17.8. The lowest BCUT2D eigenvalue weighted by Gasteiger charge is -2.05. The van der Waals surface area contributed by atoms with E-state index in [2.05, 4.69) is 52.2 Å². The molecule has 4 rings (SSSR count). The van der Waals surface area contributed by atoms with E-state index in [1.54, 1.807) is 19.0 Å². The minimum atomic E-state index is -0.00418. The van der Waals surface area contributed by atoms with Gasteiger partial charge in [0.2, 0.25) is 0 Å². The van der Waals surface area contributed by atoms with E-state index in [0.717, 1.165) is 28.2 Å². The van der Waals surface area contributed by atoms with Crippen LogP contribution < -0.4 is 0 Å². The molecule has 0 N–H and O–H groups in total. The van der Waals surface area contributed by atoms with Gasteiger partial charge in [-0.2, -0.15) is 0 Å². The lowest BCUT2D eigenvalue weighted by atomic mass is 10.1. The molecule has 4 nitrogen and oxygen atoms in total. The summed E-state index contributed by atoms with van der Waals surface area (Å²) in [6.45, 7) is 0.799. The summed E-state index contributed by atoms with van der Waals surface area (Å²) < 4.78 is 2.24. The first-order chi connectivity index (χ1) is 12.7. The first-order valence-electron chi connectivity index (χ1n) is 8.43. The van der Waals surface area contributed by atoms with Gasteiger partial charge in [0.1, 0.15) is 0 Å². The molecule has 1 aromatic heterocycles. The number of likely N-dealkylation sites (N-methyl/N-ethyl adjacent to an activating group) is 1. The summed E-state index contributed by atoms with van der Waals surface area (Å²) in [5, 5.41) is 1.88. The maximum atomic E-state index is 12.5. The minimum Gasteiger partial charge on any atom is -0.342 e. The van der Waals surface area contributed by atoms with Crippen molar-refractivity contribution in [2.45, 2.75) is 6.54 Å². The molecule has 1 fully saturated rings. The standard InChI is InChI=1S/C21H19N3OS/c1-22-21-23(2)20(25)19(26-21)12-16-14-24(13-15-8-4-3-5-9-15)18-11-7-6-10-17(16)18/h3-12,14H,13H2,1-2H3/b19-12-,22-21?. The van der Waals surface area contributed by atoms with Crippen molar-refractivity contribution in [3.63, 3.8) is 0 Å². The Hall–Kier alpha value is -2.79. The van der Waals surface area contributed by atoms with Gasteiger partial charge in [-0.25, -0.2) is 0 Å². The maximum absolute atomic E-state index is 12.5. The monoisotopic (exact) mass is 361 g/mol. The van der Waals surface area contributed by atoms with Gasteiger partial charge in [0.25, 0.3) is 5.91 Å². The van der Waals surface area contributed by atoms with Crippen molar-refractivity contribution in [2.24, 2.45) is 4.99 Å². The van der Waals surface area contributed by atoms with Crippen molar-refractivity contribution >= 4 is 39.8 Å². The Bertz CT molecular complexity index is 1030. The molecule has 1 amide bonds. The van der Waals surface area contributed by atoms with Crippen LogP contribution in [0.1, 0.15) is 11.1 Å². The third-order valence-electron chi connectivity index (χ3n) is 4.50. The van der Waals surface area contributed by atoms with Crippen molar-refractivity contribution in [3.8, 4) is 0 Å². The number of fused-ring (bicyclic) bond motifs is 1. The van der Waals surface area contributed by atoms with Gasteiger partial charge in [0, 0.05) is 43.3 Å². The number of hydrogen-bond donors (Lipinski definition) is 0. The summed E-state index contributed by atoms with van der Waals surface area (Å²) in [5.41, 5.74) is 3.47. The fourth-order valence-corrected chi connectivity index (χ4v) is 4.11. The third kappa shape index (κ3) is 2.95. The van der Waals surface area contributed by atoms with E-state index in [0.29, 0.717) is 4.91 Å². The molecule has 26 heavy (non-hydrogen) atoms. The van der Waals surface area contributed by atoms with Crippen LogP contribution in [0.5, 0.6) is 0 Å². The van der Waals surface area contributed by atoms with Crippen molar-refractivity contribution in [1.82, 2.24) is 9.47 Å². The quantitative estimate of drug-likeness (QED) is 0.655. The van der Waals surface area contributed by atoms with Gasteiger partial charge in [-0.3, -0.25) is 14.7 Å². The van der Waals surface area contributed by atoms with Gasteiger partial charge >= 0.3 is 0 Å². The van der Waals surface area contributed by atoms with Crippen LogP contribution in [-0.4, -0.2) is 34.6 Å². The van der Waals surface area contributed by atoms with Gasteiger partial charge in [-0.15, -0.1) is 0 Å². The van der Waals surface area contributed by atoms with E-state index in [-0.39, 0.29) is 5.91 Å². The molecule has 3 aromatic rings. The number of hydrogen-bond acceptors (Lipinski definition) is 3. The molecule has 1 aliphatic heterocycles. The van der Waals surface area contributed by atoms with E-state index in [9.17, 15) is 4.79 Å². The first-order valence-corrected chi connectivity index (χ1v) is 9.25. The second kappa shape index (κ2) is 6.84. The predicted octanol–water partition coefficient (Wildman–Crippen LogP) is 4.22. The molecule has 0 bridgehead atoms. The zero-order chi connectivity index (χ0) is 18.1. The maximum Gasteiger partial charge on any atom is 0.266 e. The Kier molecular flexibility index (Phi) is 4.39. The van der Waals surface area contributed by atoms with E-state index >= 15 is 0 Å². The second-order valence-corrected chi connectivity index (χ2v) is 7.21. The number of amidine groups is 1. The van der Waals surface area contributed by atoms with Crippen molar-refractivity contribution in [1.29, 1.82) is 0 Å². The predicted molar refractivity (Wildman–Crippen MR) is 109 cm³/mol. The number of amides is 1. The molecule has 0 saturated carbocycles. The van der Waals surface area contributed by atoms with Crippen LogP contribution in [-0.2, 0) is 11.3 Å². The van der Waals surface area contributed by atoms with Crippen LogP contribution in [0.15, 0.2) is 70.7 Å². The summed E-state index contributed by atoms with van der Waals surface area (Å²) in [6, 6.07) is 18.7. The highest BCUT2D eigenvalue weighted by Gasteiger charge is 2.30. The summed E-state index contributed by atoms with van der Waals surface area (Å²) in [4.78, 5) is 18.9. The van der Waals surface area contributed by atoms with Crippen molar-refractivity contribution in [3.05, 3.63) is 76.8 Å². The highest BCUT2D eigenvalue weighted by Crippen LogP contribution is 2.33. The fourth-order valence-electron chi connectivity index (χ4n) is 3.19. The Morgan fingerprint density at radius 3 is 2.54 bits per heavy atom. The molecule has 0 spiro atoms. The smallest absolute Gasteiger partial charge is 0.266 e. The zero-order valence-electron chi connectivity index (χ0n) is 14.7. The topological polar surface area (TPSA) is 37.6 Å². The third-order valence-corrected chi connectivity index (χ3v) is 5.65. The average Bonchev–Trinajstić information content (AvgIpc) is 3.15. The Morgan fingerprint density at radius 1 is 1.08 bits per heavy atom. The number of para-hydroxylation sites is 1. The molecule has 1 aliphatic rings. The number of aromatic nitrogens is 1. The van der Waals surface area contributed by atoms with Gasteiger partial charge in [0.05, 0.1) is 4.91 Å². The van der Waals surface area contributed by atoms with E-state index in [1.165, 1.54) is 17.3 Å². The Balaban J connectivity index is 1.77. The van der Waals surface area contributed by atoms with Crippen LogP contribution in [0, 0.1) is 0 Å². The fraction of sp³-hybridized carbons (Fsp3) is 0.143. The van der Waals surface area contributed by atoms with E-state index < -0.39 is 0 Å². The SMILES string of the molecule is CN=C1S/C(=C\c2cn(Cc3ccccc3)c3ccccc23)C(=O)N1C. The highest BCUT2D eigenvalue weighted by molar-refractivity contribution is 8.18. The summed E-state index contributed by atoms with van der Waals surface area (Å²) >= 11 is 1.42. The molecule has 2 aromatic carbocycles. The van der Waals surface area contributed by atoms with Crippen LogP contribution in [0.25, 0.3) is 17.0 Å². The molecule has 0 atom stereocenters. The van der Waals surface area contributed by atoms with Gasteiger partial charge in [-0.05, 0) is 29.5 Å². The lowest BCUT2D eigenvalue weighted by Crippen LogP contribution is -2.23. The molecule has 2 heterocycles. The second-order valence-electron chi connectivity index (χ2n) is 6.20. The van der Waals surface area contributed by atoms with E-state index in [1.807, 2.05) is 24.3 Å². The molecule has 1 saturated heterocycles. The molecule has 5 heteroatoms. The number of carbonyl (C=O) groups is 1. The molecule has 0 unspecified atom stereocenters. The number of rotatable bonds is 3. The molecule has 0 aliphatic carbocycles. The number of carbonyl (C=O) groups excluding carboxylic acids is 1. The number of thioether (sulfide) groups is 1. The zero-order valence-corrected chi connectivity index (χ0v) is 15.5.